The van der Waals surface area contributed by atoms with Gasteiger partial charge in [-0.2, -0.15) is 0 Å². The van der Waals surface area contributed by atoms with Crippen LogP contribution in [0.3, 0.4) is 0 Å². The third-order valence-electron chi connectivity index (χ3n) is 3.53. The summed E-state index contributed by atoms with van der Waals surface area (Å²) >= 11 is 0. The van der Waals surface area contributed by atoms with E-state index in [-0.39, 0.29) is 24.1 Å². The van der Waals surface area contributed by atoms with Crippen molar-refractivity contribution in [3.63, 3.8) is 0 Å². The Hall–Kier alpha value is -2.69. The van der Waals surface area contributed by atoms with Crippen LogP contribution in [0, 0.1) is 11.6 Å². The molecule has 0 fully saturated rings. The maximum Gasteiger partial charge on any atom is 0.270 e. The van der Waals surface area contributed by atoms with E-state index < -0.39 is 0 Å². The van der Waals surface area contributed by atoms with Crippen LogP contribution in [0.25, 0.3) is 10.9 Å². The van der Waals surface area contributed by atoms with Crippen molar-refractivity contribution in [2.24, 2.45) is 0 Å². The molecule has 1 aromatic heterocycles. The van der Waals surface area contributed by atoms with Crippen molar-refractivity contribution in [2.75, 3.05) is 7.05 Å². The molecule has 0 aliphatic carbocycles. The average Bonchev–Trinajstić information content (AvgIpc) is 2.91. The minimum Gasteiger partial charge on any atom is -0.351 e. The largest absolute Gasteiger partial charge is 0.351 e. The van der Waals surface area contributed by atoms with Crippen LogP contribution in [-0.4, -0.2) is 22.8 Å². The smallest absolute Gasteiger partial charge is 0.270 e. The predicted molar refractivity (Wildman–Crippen MR) is 80.5 cm³/mol. The summed E-state index contributed by atoms with van der Waals surface area (Å²) in [6, 6.07) is 12.2. The third kappa shape index (κ3) is 2.70. The molecule has 0 radical (unpaired) electrons. The topological polar surface area (TPSA) is 36.1 Å². The number of aromatic nitrogens is 1. The second-order valence-corrected chi connectivity index (χ2v) is 5.17. The lowest BCUT2D eigenvalue weighted by atomic mass is 10.2. The Morgan fingerprint density at radius 2 is 1.91 bits per heavy atom. The zero-order chi connectivity index (χ0) is 15.7. The quantitative estimate of drug-likeness (QED) is 0.786. The van der Waals surface area contributed by atoms with Crippen molar-refractivity contribution >= 4 is 16.8 Å². The molecule has 1 amide bonds. The normalized spacial score (nSPS) is 10.9. The molecule has 0 atom stereocenters. The van der Waals surface area contributed by atoms with Gasteiger partial charge in [-0.25, -0.2) is 8.78 Å². The summed E-state index contributed by atoms with van der Waals surface area (Å²) in [6.07, 6.45) is 0. The number of nitrogens with one attached hydrogen (secondary N) is 1. The molecule has 22 heavy (non-hydrogen) atoms. The first-order chi connectivity index (χ1) is 10.5. The fourth-order valence-electron chi connectivity index (χ4n) is 2.38. The summed E-state index contributed by atoms with van der Waals surface area (Å²) in [5.74, 6) is -0.981. The van der Waals surface area contributed by atoms with Crippen molar-refractivity contribution in [3.05, 3.63) is 71.4 Å². The molecule has 0 saturated carbocycles. The van der Waals surface area contributed by atoms with Gasteiger partial charge in [0.2, 0.25) is 0 Å². The van der Waals surface area contributed by atoms with Crippen LogP contribution in [0.15, 0.2) is 48.5 Å². The van der Waals surface area contributed by atoms with Gasteiger partial charge in [-0.05, 0) is 30.3 Å². The predicted octanol–water partition coefficient (Wildman–Crippen LogP) is 3.72. The van der Waals surface area contributed by atoms with Crippen LogP contribution in [0.1, 0.15) is 16.1 Å². The molecule has 0 aliphatic heterocycles. The fraction of sp³-hybridized carbons (Fsp3) is 0.118. The second-order valence-electron chi connectivity index (χ2n) is 5.17. The van der Waals surface area contributed by atoms with Gasteiger partial charge in [-0.15, -0.1) is 0 Å². The molecular formula is C17H14F2N2O. The number of hydrogen-bond donors (Lipinski definition) is 1. The van der Waals surface area contributed by atoms with Crippen LogP contribution in [0.5, 0.6) is 0 Å². The molecule has 0 spiro atoms. The molecule has 1 heterocycles. The Labute approximate surface area is 126 Å². The molecule has 3 aromatic rings. The number of amides is 1. The van der Waals surface area contributed by atoms with E-state index in [1.165, 1.54) is 23.1 Å². The molecule has 0 bridgehead atoms. The molecule has 2 aromatic carbocycles. The van der Waals surface area contributed by atoms with Gasteiger partial charge >= 0.3 is 0 Å². The maximum atomic E-state index is 13.6. The number of nitrogens with zero attached hydrogens (tertiary/aromatic N) is 1. The van der Waals surface area contributed by atoms with E-state index in [9.17, 15) is 13.6 Å². The number of halogens is 2. The minimum absolute atomic E-state index is 0.162. The highest BCUT2D eigenvalue weighted by Gasteiger charge is 2.16. The van der Waals surface area contributed by atoms with Gasteiger partial charge in [0, 0.05) is 30.1 Å². The number of aromatic amines is 1. The number of H-pyrrole nitrogens is 1. The fourth-order valence-corrected chi connectivity index (χ4v) is 2.38. The van der Waals surface area contributed by atoms with Gasteiger partial charge in [0.15, 0.2) is 0 Å². The van der Waals surface area contributed by atoms with Gasteiger partial charge in [0.25, 0.3) is 5.91 Å². The molecule has 1 N–H and O–H groups in total. The number of hydrogen-bond acceptors (Lipinski definition) is 1. The summed E-state index contributed by atoms with van der Waals surface area (Å²) in [4.78, 5) is 16.8. The summed E-state index contributed by atoms with van der Waals surface area (Å²) in [5, 5.41) is 0.627. The minimum atomic E-state index is -0.356. The van der Waals surface area contributed by atoms with Crippen molar-refractivity contribution < 1.29 is 13.6 Å². The first-order valence-corrected chi connectivity index (χ1v) is 6.82. The Morgan fingerprint density at radius 1 is 1.14 bits per heavy atom. The molecular weight excluding hydrogens is 286 g/mol. The SMILES string of the molecule is CN(Cc1ccccc1F)C(=O)c1cc2cc(F)ccc2[nH]1. The van der Waals surface area contributed by atoms with Crippen LogP contribution in [-0.2, 0) is 6.54 Å². The van der Waals surface area contributed by atoms with Crippen LogP contribution in [0.2, 0.25) is 0 Å². The lowest BCUT2D eigenvalue weighted by Gasteiger charge is -2.16. The molecule has 3 nitrogen and oxygen atoms in total. The Bertz CT molecular complexity index is 842. The van der Waals surface area contributed by atoms with Crippen molar-refractivity contribution in [3.8, 4) is 0 Å². The van der Waals surface area contributed by atoms with E-state index in [0.717, 1.165) is 0 Å². The number of benzene rings is 2. The van der Waals surface area contributed by atoms with E-state index in [1.807, 2.05) is 0 Å². The molecule has 5 heteroatoms. The van der Waals surface area contributed by atoms with Gasteiger partial charge in [-0.1, -0.05) is 18.2 Å². The summed E-state index contributed by atoms with van der Waals surface area (Å²) in [7, 11) is 1.60. The highest BCUT2D eigenvalue weighted by Crippen LogP contribution is 2.18. The first kappa shape index (κ1) is 14.3. The van der Waals surface area contributed by atoms with Crippen LogP contribution in [0.4, 0.5) is 8.78 Å². The average molecular weight is 300 g/mol. The van der Waals surface area contributed by atoms with Gasteiger partial charge in [-0.3, -0.25) is 4.79 Å². The van der Waals surface area contributed by atoms with Gasteiger partial charge in [0.05, 0.1) is 0 Å². The number of carbonyl (C=O) groups excluding carboxylic acids is 1. The van der Waals surface area contributed by atoms with E-state index in [0.29, 0.717) is 22.2 Å². The summed E-state index contributed by atoms with van der Waals surface area (Å²) < 4.78 is 26.8. The summed E-state index contributed by atoms with van der Waals surface area (Å²) in [6.45, 7) is 0.162. The van der Waals surface area contributed by atoms with E-state index in [1.54, 1.807) is 37.4 Å². The third-order valence-corrected chi connectivity index (χ3v) is 3.53. The van der Waals surface area contributed by atoms with Crippen molar-refractivity contribution in [1.29, 1.82) is 0 Å². The number of fused-ring (bicyclic) bond motifs is 1. The van der Waals surface area contributed by atoms with Crippen LogP contribution < -0.4 is 0 Å². The van der Waals surface area contributed by atoms with Gasteiger partial charge in [0.1, 0.15) is 17.3 Å². The van der Waals surface area contributed by atoms with E-state index in [4.69, 9.17) is 0 Å². The Kier molecular flexibility index (Phi) is 3.63. The zero-order valence-corrected chi connectivity index (χ0v) is 11.9. The monoisotopic (exact) mass is 300 g/mol. The second kappa shape index (κ2) is 5.60. The van der Waals surface area contributed by atoms with E-state index >= 15 is 0 Å². The maximum absolute atomic E-state index is 13.6. The highest BCUT2D eigenvalue weighted by atomic mass is 19.1. The van der Waals surface area contributed by atoms with Gasteiger partial charge < -0.3 is 9.88 Å². The number of rotatable bonds is 3. The molecule has 112 valence electrons. The molecule has 3 rings (SSSR count). The van der Waals surface area contributed by atoms with Crippen molar-refractivity contribution in [1.82, 2.24) is 9.88 Å². The zero-order valence-electron chi connectivity index (χ0n) is 11.9. The number of carbonyl (C=O) groups is 1. The summed E-state index contributed by atoms with van der Waals surface area (Å²) in [5.41, 5.74) is 1.48. The molecule has 0 aliphatic rings. The van der Waals surface area contributed by atoms with Crippen molar-refractivity contribution in [2.45, 2.75) is 6.54 Å². The van der Waals surface area contributed by atoms with Crippen LogP contribution >= 0.6 is 0 Å². The first-order valence-electron chi connectivity index (χ1n) is 6.82. The Balaban J connectivity index is 1.84. The molecule has 0 unspecified atom stereocenters. The Morgan fingerprint density at radius 3 is 2.68 bits per heavy atom. The van der Waals surface area contributed by atoms with E-state index in [2.05, 4.69) is 4.98 Å². The lowest BCUT2D eigenvalue weighted by Crippen LogP contribution is -2.26. The molecule has 0 saturated heterocycles. The standard InChI is InChI=1S/C17H14F2N2O/c1-21(10-11-4-2-3-5-14(11)19)17(22)16-9-12-8-13(18)6-7-15(12)20-16/h2-9,20H,10H2,1H3. The lowest BCUT2D eigenvalue weighted by molar-refractivity contribution is 0.0779. The highest BCUT2D eigenvalue weighted by molar-refractivity contribution is 5.97.